The van der Waals surface area contributed by atoms with Gasteiger partial charge in [0.1, 0.15) is 12.4 Å². The highest BCUT2D eigenvalue weighted by Crippen LogP contribution is 2.32. The third-order valence-corrected chi connectivity index (χ3v) is 4.64. The average molecular weight is 374 g/mol. The number of hydrogen-bond donors (Lipinski definition) is 1. The van der Waals surface area contributed by atoms with E-state index in [4.69, 9.17) is 4.74 Å². The topological polar surface area (TPSA) is 77.4 Å². The SMILES string of the molecule is CCC(=O)n1cc(C2=CC(=O)NC2=O)c2cc(OCc3ccccc3)ccc21. The second kappa shape index (κ2) is 7.15. The van der Waals surface area contributed by atoms with Crippen molar-refractivity contribution >= 4 is 34.2 Å². The number of rotatable bonds is 5. The van der Waals surface area contributed by atoms with Gasteiger partial charge in [0, 0.05) is 29.6 Å². The lowest BCUT2D eigenvalue weighted by atomic mass is 10.1. The zero-order valence-corrected chi connectivity index (χ0v) is 15.3. The summed E-state index contributed by atoms with van der Waals surface area (Å²) in [4.78, 5) is 36.1. The van der Waals surface area contributed by atoms with Crippen LogP contribution in [0.1, 0.15) is 29.3 Å². The summed E-state index contributed by atoms with van der Waals surface area (Å²) in [6.45, 7) is 2.17. The zero-order chi connectivity index (χ0) is 19.7. The number of fused-ring (bicyclic) bond motifs is 1. The first kappa shape index (κ1) is 17.7. The molecule has 4 rings (SSSR count). The Balaban J connectivity index is 1.76. The number of imide groups is 1. The molecule has 1 N–H and O–H groups in total. The van der Waals surface area contributed by atoms with Gasteiger partial charge in [-0.2, -0.15) is 0 Å². The number of aromatic nitrogens is 1. The van der Waals surface area contributed by atoms with Crippen molar-refractivity contribution in [2.75, 3.05) is 0 Å². The van der Waals surface area contributed by atoms with Crippen LogP contribution in [-0.2, 0) is 16.2 Å². The molecular formula is C22H18N2O4. The Hall–Kier alpha value is -3.67. The Labute approximate surface area is 161 Å². The molecule has 0 spiro atoms. The van der Waals surface area contributed by atoms with Crippen LogP contribution < -0.4 is 10.1 Å². The maximum atomic E-state index is 12.3. The Kier molecular flexibility index (Phi) is 4.53. The molecule has 6 nitrogen and oxygen atoms in total. The number of carbonyl (C=O) groups excluding carboxylic acids is 3. The normalized spacial score (nSPS) is 13.5. The van der Waals surface area contributed by atoms with Crippen LogP contribution in [0.5, 0.6) is 5.75 Å². The van der Waals surface area contributed by atoms with E-state index in [9.17, 15) is 14.4 Å². The summed E-state index contributed by atoms with van der Waals surface area (Å²) >= 11 is 0. The molecule has 0 unspecified atom stereocenters. The minimum absolute atomic E-state index is 0.0977. The molecule has 140 valence electrons. The van der Waals surface area contributed by atoms with Gasteiger partial charge in [-0.3, -0.25) is 24.3 Å². The smallest absolute Gasteiger partial charge is 0.258 e. The fourth-order valence-corrected chi connectivity index (χ4v) is 3.24. The highest BCUT2D eigenvalue weighted by molar-refractivity contribution is 6.35. The maximum Gasteiger partial charge on any atom is 0.258 e. The Morgan fingerprint density at radius 2 is 1.89 bits per heavy atom. The van der Waals surface area contributed by atoms with E-state index >= 15 is 0 Å². The molecule has 1 aliphatic rings. The van der Waals surface area contributed by atoms with E-state index in [1.165, 1.54) is 10.6 Å². The van der Waals surface area contributed by atoms with Gasteiger partial charge in [0.15, 0.2) is 0 Å². The lowest BCUT2D eigenvalue weighted by Gasteiger charge is -2.08. The van der Waals surface area contributed by atoms with E-state index in [-0.39, 0.29) is 11.5 Å². The second-order valence-electron chi connectivity index (χ2n) is 6.49. The Bertz CT molecular complexity index is 1130. The highest BCUT2D eigenvalue weighted by Gasteiger charge is 2.26. The van der Waals surface area contributed by atoms with Crippen molar-refractivity contribution in [3.63, 3.8) is 0 Å². The third-order valence-electron chi connectivity index (χ3n) is 4.64. The van der Waals surface area contributed by atoms with Crippen LogP contribution in [-0.4, -0.2) is 22.3 Å². The van der Waals surface area contributed by atoms with Gasteiger partial charge in [-0.1, -0.05) is 37.3 Å². The van der Waals surface area contributed by atoms with E-state index in [0.717, 1.165) is 5.56 Å². The van der Waals surface area contributed by atoms with Crippen molar-refractivity contribution in [2.45, 2.75) is 20.0 Å². The van der Waals surface area contributed by atoms with Crippen LogP contribution in [0.25, 0.3) is 16.5 Å². The fourth-order valence-electron chi connectivity index (χ4n) is 3.24. The summed E-state index contributed by atoms with van der Waals surface area (Å²) in [6, 6.07) is 15.2. The lowest BCUT2D eigenvalue weighted by Crippen LogP contribution is -2.21. The van der Waals surface area contributed by atoms with Crippen molar-refractivity contribution in [1.82, 2.24) is 9.88 Å². The molecule has 2 aromatic carbocycles. The van der Waals surface area contributed by atoms with Crippen LogP contribution in [0.3, 0.4) is 0 Å². The largest absolute Gasteiger partial charge is 0.489 e. The van der Waals surface area contributed by atoms with Gasteiger partial charge in [0.25, 0.3) is 11.8 Å². The summed E-state index contributed by atoms with van der Waals surface area (Å²) in [5.74, 6) is -0.410. The number of ether oxygens (including phenoxy) is 1. The Morgan fingerprint density at radius 1 is 1.11 bits per heavy atom. The van der Waals surface area contributed by atoms with E-state index in [1.807, 2.05) is 30.3 Å². The summed E-state index contributed by atoms with van der Waals surface area (Å²) in [5.41, 5.74) is 2.48. The summed E-state index contributed by atoms with van der Waals surface area (Å²) in [7, 11) is 0. The summed E-state index contributed by atoms with van der Waals surface area (Å²) in [6.07, 6.45) is 3.19. The number of nitrogens with one attached hydrogen (secondary N) is 1. The van der Waals surface area contributed by atoms with Crippen LogP contribution >= 0.6 is 0 Å². The van der Waals surface area contributed by atoms with Crippen molar-refractivity contribution < 1.29 is 19.1 Å². The van der Waals surface area contributed by atoms with Crippen molar-refractivity contribution in [1.29, 1.82) is 0 Å². The number of benzene rings is 2. The van der Waals surface area contributed by atoms with E-state index in [1.54, 1.807) is 31.3 Å². The molecule has 0 radical (unpaired) electrons. The molecule has 3 aromatic rings. The van der Waals surface area contributed by atoms with Gasteiger partial charge in [-0.05, 0) is 23.8 Å². The van der Waals surface area contributed by atoms with Gasteiger partial charge >= 0.3 is 0 Å². The first-order valence-corrected chi connectivity index (χ1v) is 8.99. The maximum absolute atomic E-state index is 12.3. The van der Waals surface area contributed by atoms with Crippen molar-refractivity contribution in [3.05, 3.63) is 71.9 Å². The molecule has 0 bridgehead atoms. The molecule has 0 aliphatic carbocycles. The quantitative estimate of drug-likeness (QED) is 0.695. The highest BCUT2D eigenvalue weighted by atomic mass is 16.5. The minimum Gasteiger partial charge on any atom is -0.489 e. The molecule has 0 saturated carbocycles. The lowest BCUT2D eigenvalue weighted by molar-refractivity contribution is -0.123. The molecule has 0 atom stereocenters. The predicted molar refractivity (Wildman–Crippen MR) is 105 cm³/mol. The summed E-state index contributed by atoms with van der Waals surface area (Å²) < 4.78 is 7.40. The number of carbonyl (C=O) groups is 3. The van der Waals surface area contributed by atoms with E-state index in [2.05, 4.69) is 5.32 Å². The molecule has 0 saturated heterocycles. The number of hydrogen-bond acceptors (Lipinski definition) is 4. The molecule has 1 aromatic heterocycles. The van der Waals surface area contributed by atoms with Crippen LogP contribution in [0, 0.1) is 0 Å². The first-order valence-electron chi connectivity index (χ1n) is 8.99. The van der Waals surface area contributed by atoms with Crippen LogP contribution in [0.4, 0.5) is 0 Å². The molecule has 28 heavy (non-hydrogen) atoms. The standard InChI is InChI=1S/C22H18N2O4/c1-2-21(26)24-12-18(17-11-20(25)23-22(17)27)16-10-15(8-9-19(16)24)28-13-14-6-4-3-5-7-14/h3-12H,2,13H2,1H3,(H,23,25,27). The van der Waals surface area contributed by atoms with E-state index in [0.29, 0.717) is 35.2 Å². The van der Waals surface area contributed by atoms with Gasteiger partial charge in [-0.15, -0.1) is 0 Å². The second-order valence-corrected chi connectivity index (χ2v) is 6.49. The van der Waals surface area contributed by atoms with E-state index < -0.39 is 11.8 Å². The van der Waals surface area contributed by atoms with Gasteiger partial charge < -0.3 is 4.74 Å². The van der Waals surface area contributed by atoms with Gasteiger partial charge in [-0.25, -0.2) is 0 Å². The zero-order valence-electron chi connectivity index (χ0n) is 15.3. The Morgan fingerprint density at radius 3 is 2.57 bits per heavy atom. The monoisotopic (exact) mass is 374 g/mol. The third kappa shape index (κ3) is 3.20. The average Bonchev–Trinajstić information content (AvgIpc) is 3.25. The molecule has 0 fully saturated rings. The van der Waals surface area contributed by atoms with Crippen LogP contribution in [0.2, 0.25) is 0 Å². The molecular weight excluding hydrogens is 356 g/mol. The van der Waals surface area contributed by atoms with Crippen molar-refractivity contribution in [2.24, 2.45) is 0 Å². The number of amides is 2. The first-order chi connectivity index (χ1) is 13.6. The molecule has 2 heterocycles. The van der Waals surface area contributed by atoms with Gasteiger partial charge in [0.2, 0.25) is 5.91 Å². The van der Waals surface area contributed by atoms with Crippen LogP contribution in [0.15, 0.2) is 60.8 Å². The molecule has 2 amide bonds. The van der Waals surface area contributed by atoms with Crippen molar-refractivity contribution in [3.8, 4) is 5.75 Å². The van der Waals surface area contributed by atoms with Gasteiger partial charge in [0.05, 0.1) is 11.1 Å². The number of nitrogens with zero attached hydrogens (tertiary/aromatic N) is 1. The summed E-state index contributed by atoms with van der Waals surface area (Å²) in [5, 5.41) is 2.93. The molecule has 6 heteroatoms. The molecule has 1 aliphatic heterocycles. The predicted octanol–water partition coefficient (Wildman–Crippen LogP) is 3.31. The minimum atomic E-state index is -0.469. The fraction of sp³-hybridized carbons (Fsp3) is 0.136.